The lowest BCUT2D eigenvalue weighted by Gasteiger charge is -2.09. The molecule has 1 amide bonds. The smallest absolute Gasteiger partial charge is 0.251 e. The lowest BCUT2D eigenvalue weighted by molar-refractivity contribution is 0.0947. The Hall–Kier alpha value is -1.62. The normalized spacial score (nSPS) is 21.9. The van der Waals surface area contributed by atoms with Gasteiger partial charge in [0.2, 0.25) is 0 Å². The first-order chi connectivity index (χ1) is 7.57. The zero-order valence-electron chi connectivity index (χ0n) is 8.46. The number of carbonyl (C=O) groups excluding carboxylic acids is 1. The number of nitrogens with one attached hydrogen (secondary N) is 1. The first-order valence-electron chi connectivity index (χ1n) is 4.84. The van der Waals surface area contributed by atoms with Gasteiger partial charge >= 0.3 is 0 Å². The SMILES string of the molecule is O=C(N[C@@H]1C=CS(=O)(=O)C1)c1ccccc1. The Kier molecular flexibility index (Phi) is 2.78. The highest BCUT2D eigenvalue weighted by Crippen LogP contribution is 2.08. The molecule has 0 fully saturated rings. The van der Waals surface area contributed by atoms with Gasteiger partial charge in [-0.2, -0.15) is 0 Å². The average Bonchev–Trinajstić information content (AvgIpc) is 2.59. The van der Waals surface area contributed by atoms with Crippen molar-refractivity contribution >= 4 is 15.7 Å². The Morgan fingerprint density at radius 3 is 2.50 bits per heavy atom. The summed E-state index contributed by atoms with van der Waals surface area (Å²) in [5, 5.41) is 3.79. The molecule has 1 aromatic rings. The van der Waals surface area contributed by atoms with Gasteiger partial charge in [-0.05, 0) is 18.2 Å². The molecular formula is C11H11NO3S. The van der Waals surface area contributed by atoms with Crippen LogP contribution in [0.2, 0.25) is 0 Å². The third-order valence-electron chi connectivity index (χ3n) is 2.28. The van der Waals surface area contributed by atoms with Crippen LogP contribution in [0.25, 0.3) is 0 Å². The molecule has 0 unspecified atom stereocenters. The highest BCUT2D eigenvalue weighted by atomic mass is 32.2. The second kappa shape index (κ2) is 4.09. The van der Waals surface area contributed by atoms with Crippen LogP contribution in [-0.2, 0) is 9.84 Å². The van der Waals surface area contributed by atoms with Crippen LogP contribution in [0, 0.1) is 0 Å². The van der Waals surface area contributed by atoms with E-state index in [1.165, 1.54) is 6.08 Å². The molecule has 84 valence electrons. The number of sulfone groups is 1. The van der Waals surface area contributed by atoms with Crippen molar-refractivity contribution < 1.29 is 13.2 Å². The van der Waals surface area contributed by atoms with E-state index in [2.05, 4.69) is 5.32 Å². The first-order valence-corrected chi connectivity index (χ1v) is 6.55. The summed E-state index contributed by atoms with van der Waals surface area (Å²) < 4.78 is 22.2. The molecule has 1 aliphatic rings. The number of amides is 1. The van der Waals surface area contributed by atoms with Crippen LogP contribution in [0.4, 0.5) is 0 Å². The second-order valence-corrected chi connectivity index (χ2v) is 5.54. The molecule has 1 aliphatic heterocycles. The van der Waals surface area contributed by atoms with Crippen LogP contribution in [0.1, 0.15) is 10.4 Å². The van der Waals surface area contributed by atoms with Gasteiger partial charge in [0.05, 0.1) is 11.8 Å². The Morgan fingerprint density at radius 2 is 1.94 bits per heavy atom. The fourth-order valence-electron chi connectivity index (χ4n) is 1.51. The minimum absolute atomic E-state index is 0.0500. The standard InChI is InChI=1S/C11H11NO3S/c13-11(9-4-2-1-3-5-9)12-10-6-7-16(14,15)8-10/h1-7,10H,8H2,(H,12,13)/t10-/m1/s1. The first kappa shape index (κ1) is 10.9. The molecule has 4 nitrogen and oxygen atoms in total. The molecule has 1 atom stereocenters. The van der Waals surface area contributed by atoms with E-state index in [4.69, 9.17) is 0 Å². The van der Waals surface area contributed by atoms with Crippen molar-refractivity contribution in [3.63, 3.8) is 0 Å². The van der Waals surface area contributed by atoms with Crippen molar-refractivity contribution in [1.82, 2.24) is 5.32 Å². The van der Waals surface area contributed by atoms with Gasteiger partial charge in [0.1, 0.15) is 0 Å². The van der Waals surface area contributed by atoms with E-state index < -0.39 is 15.9 Å². The van der Waals surface area contributed by atoms with Crippen molar-refractivity contribution in [2.45, 2.75) is 6.04 Å². The largest absolute Gasteiger partial charge is 0.345 e. The fourth-order valence-corrected chi connectivity index (χ4v) is 2.74. The number of hydrogen-bond acceptors (Lipinski definition) is 3. The highest BCUT2D eigenvalue weighted by Gasteiger charge is 2.23. The molecule has 2 rings (SSSR count). The molecule has 0 saturated carbocycles. The van der Waals surface area contributed by atoms with Crippen LogP contribution < -0.4 is 5.32 Å². The second-order valence-electron chi connectivity index (χ2n) is 3.60. The zero-order chi connectivity index (χ0) is 11.6. The van der Waals surface area contributed by atoms with E-state index in [-0.39, 0.29) is 11.7 Å². The predicted octanol–water partition coefficient (Wildman–Crippen LogP) is 0.727. The van der Waals surface area contributed by atoms with Crippen LogP contribution >= 0.6 is 0 Å². The molecule has 1 aromatic carbocycles. The van der Waals surface area contributed by atoms with Gasteiger partial charge in [0.15, 0.2) is 9.84 Å². The molecule has 0 radical (unpaired) electrons. The van der Waals surface area contributed by atoms with Gasteiger partial charge in [-0.25, -0.2) is 8.42 Å². The lowest BCUT2D eigenvalue weighted by atomic mass is 10.2. The molecular weight excluding hydrogens is 226 g/mol. The summed E-state index contributed by atoms with van der Waals surface area (Å²) in [4.78, 5) is 11.7. The maximum Gasteiger partial charge on any atom is 0.251 e. The number of carbonyl (C=O) groups is 1. The van der Waals surface area contributed by atoms with E-state index in [1.54, 1.807) is 24.3 Å². The van der Waals surface area contributed by atoms with Crippen molar-refractivity contribution in [1.29, 1.82) is 0 Å². The number of hydrogen-bond donors (Lipinski definition) is 1. The van der Waals surface area contributed by atoms with Gasteiger partial charge in [-0.3, -0.25) is 4.79 Å². The summed E-state index contributed by atoms with van der Waals surface area (Å²) in [5.41, 5.74) is 0.528. The summed E-state index contributed by atoms with van der Waals surface area (Å²) in [6.07, 6.45) is 1.50. The molecule has 0 spiro atoms. The Balaban J connectivity index is 2.03. The maximum absolute atomic E-state index is 11.7. The molecule has 1 N–H and O–H groups in total. The summed E-state index contributed by atoms with van der Waals surface area (Å²) in [6, 6.07) is 8.28. The highest BCUT2D eigenvalue weighted by molar-refractivity contribution is 7.94. The van der Waals surface area contributed by atoms with Gasteiger partial charge in [0, 0.05) is 11.0 Å². The van der Waals surface area contributed by atoms with Crippen molar-refractivity contribution in [2.24, 2.45) is 0 Å². The molecule has 16 heavy (non-hydrogen) atoms. The van der Waals surface area contributed by atoms with Crippen molar-refractivity contribution in [2.75, 3.05) is 5.75 Å². The van der Waals surface area contributed by atoms with E-state index in [9.17, 15) is 13.2 Å². The minimum atomic E-state index is -3.12. The van der Waals surface area contributed by atoms with Crippen molar-refractivity contribution in [3.05, 3.63) is 47.4 Å². The minimum Gasteiger partial charge on any atom is -0.345 e. The Morgan fingerprint density at radius 1 is 1.25 bits per heavy atom. The molecule has 0 bridgehead atoms. The Bertz CT molecular complexity index is 519. The van der Waals surface area contributed by atoms with E-state index in [1.807, 2.05) is 6.07 Å². The molecule has 0 aromatic heterocycles. The quantitative estimate of drug-likeness (QED) is 0.824. The third kappa shape index (κ3) is 2.49. The van der Waals surface area contributed by atoms with Gasteiger partial charge in [-0.1, -0.05) is 18.2 Å². The Labute approximate surface area is 93.9 Å². The van der Waals surface area contributed by atoms with Gasteiger partial charge in [-0.15, -0.1) is 0 Å². The summed E-state index contributed by atoms with van der Waals surface area (Å²) in [6.45, 7) is 0. The van der Waals surface area contributed by atoms with E-state index in [0.29, 0.717) is 5.56 Å². The summed E-state index contributed by atoms with van der Waals surface area (Å²) in [7, 11) is -3.12. The predicted molar refractivity (Wildman–Crippen MR) is 60.6 cm³/mol. The summed E-state index contributed by atoms with van der Waals surface area (Å²) in [5.74, 6) is -0.307. The van der Waals surface area contributed by atoms with Gasteiger partial charge < -0.3 is 5.32 Å². The molecule has 5 heteroatoms. The van der Waals surface area contributed by atoms with E-state index in [0.717, 1.165) is 5.41 Å². The van der Waals surface area contributed by atoms with Crippen LogP contribution in [0.3, 0.4) is 0 Å². The molecule has 1 heterocycles. The van der Waals surface area contributed by atoms with Crippen molar-refractivity contribution in [3.8, 4) is 0 Å². The monoisotopic (exact) mass is 237 g/mol. The zero-order valence-corrected chi connectivity index (χ0v) is 9.28. The van der Waals surface area contributed by atoms with Crippen LogP contribution in [-0.4, -0.2) is 26.1 Å². The lowest BCUT2D eigenvalue weighted by Crippen LogP contribution is -2.35. The molecule has 0 saturated heterocycles. The van der Waals surface area contributed by atoms with E-state index >= 15 is 0 Å². The number of rotatable bonds is 2. The van der Waals surface area contributed by atoms with Crippen LogP contribution in [0.5, 0.6) is 0 Å². The van der Waals surface area contributed by atoms with Gasteiger partial charge in [0.25, 0.3) is 5.91 Å². The van der Waals surface area contributed by atoms with Crippen LogP contribution in [0.15, 0.2) is 41.8 Å². The average molecular weight is 237 g/mol. The third-order valence-corrected chi connectivity index (χ3v) is 3.68. The summed E-state index contributed by atoms with van der Waals surface area (Å²) >= 11 is 0. The molecule has 0 aliphatic carbocycles. The number of benzene rings is 1. The maximum atomic E-state index is 11.7. The topological polar surface area (TPSA) is 63.2 Å². The fraction of sp³-hybridized carbons (Fsp3) is 0.182.